The SMILES string of the molecule is CN(C)c1ncc(CN2C[C@@H](c3ccc(F)cc3)[C@@H]3[C@H]2C2CCN3CC2)cn1. The van der Waals surface area contributed by atoms with Crippen LogP contribution in [0.3, 0.4) is 0 Å². The first-order chi connectivity index (χ1) is 13.6. The third-order valence-electron chi connectivity index (χ3n) is 6.87. The van der Waals surface area contributed by atoms with E-state index in [9.17, 15) is 4.39 Å². The lowest BCUT2D eigenvalue weighted by atomic mass is 9.75. The van der Waals surface area contributed by atoms with E-state index >= 15 is 0 Å². The molecule has 6 heteroatoms. The van der Waals surface area contributed by atoms with Crippen molar-refractivity contribution in [3.05, 3.63) is 53.6 Å². The Labute approximate surface area is 166 Å². The number of hydrogen-bond acceptors (Lipinski definition) is 5. The lowest BCUT2D eigenvalue weighted by molar-refractivity contribution is -0.00873. The molecule has 4 saturated heterocycles. The highest BCUT2D eigenvalue weighted by atomic mass is 19.1. The lowest BCUT2D eigenvalue weighted by Gasteiger charge is -2.51. The highest BCUT2D eigenvalue weighted by Gasteiger charge is 2.53. The van der Waals surface area contributed by atoms with Crippen LogP contribution in [0, 0.1) is 11.7 Å². The highest BCUT2D eigenvalue weighted by molar-refractivity contribution is 5.29. The number of aromatic nitrogens is 2. The van der Waals surface area contributed by atoms with E-state index in [4.69, 9.17) is 0 Å². The average molecular weight is 381 g/mol. The quantitative estimate of drug-likeness (QED) is 0.814. The van der Waals surface area contributed by atoms with Crippen LogP contribution in [0.1, 0.15) is 29.9 Å². The van der Waals surface area contributed by atoms with Crippen molar-refractivity contribution in [2.75, 3.05) is 38.6 Å². The molecule has 0 N–H and O–H groups in total. The molecule has 0 radical (unpaired) electrons. The molecule has 2 bridgehead atoms. The normalized spacial score (nSPS) is 31.8. The van der Waals surface area contributed by atoms with Gasteiger partial charge >= 0.3 is 0 Å². The smallest absolute Gasteiger partial charge is 0.224 e. The summed E-state index contributed by atoms with van der Waals surface area (Å²) in [4.78, 5) is 16.2. The number of rotatable bonds is 4. The largest absolute Gasteiger partial charge is 0.347 e. The molecule has 0 aliphatic carbocycles. The minimum absolute atomic E-state index is 0.154. The maximum Gasteiger partial charge on any atom is 0.224 e. The summed E-state index contributed by atoms with van der Waals surface area (Å²) in [6, 6.07) is 8.30. The fourth-order valence-electron chi connectivity index (χ4n) is 5.62. The van der Waals surface area contributed by atoms with Gasteiger partial charge in [-0.3, -0.25) is 9.80 Å². The summed E-state index contributed by atoms with van der Waals surface area (Å²) in [6.07, 6.45) is 6.52. The first-order valence-electron chi connectivity index (χ1n) is 10.3. The second-order valence-electron chi connectivity index (χ2n) is 8.73. The Morgan fingerprint density at radius 2 is 1.71 bits per heavy atom. The van der Waals surface area contributed by atoms with Crippen molar-refractivity contribution in [1.29, 1.82) is 0 Å². The van der Waals surface area contributed by atoms with Gasteiger partial charge in [-0.15, -0.1) is 0 Å². The monoisotopic (exact) mass is 381 g/mol. The van der Waals surface area contributed by atoms with Crippen molar-refractivity contribution in [2.45, 2.75) is 37.4 Å². The molecule has 6 rings (SSSR count). The van der Waals surface area contributed by atoms with Crippen molar-refractivity contribution >= 4 is 5.95 Å². The van der Waals surface area contributed by atoms with Crippen molar-refractivity contribution in [3.8, 4) is 0 Å². The molecule has 0 unspecified atom stereocenters. The molecule has 1 aromatic carbocycles. The summed E-state index contributed by atoms with van der Waals surface area (Å²) < 4.78 is 13.5. The summed E-state index contributed by atoms with van der Waals surface area (Å²) in [5.41, 5.74) is 2.44. The second-order valence-corrected chi connectivity index (χ2v) is 8.73. The Hall–Kier alpha value is -2.05. The van der Waals surface area contributed by atoms with E-state index in [0.29, 0.717) is 18.0 Å². The Balaban J connectivity index is 1.42. The second kappa shape index (κ2) is 7.08. The molecule has 0 spiro atoms. The molecule has 0 saturated carbocycles. The van der Waals surface area contributed by atoms with Crippen molar-refractivity contribution in [2.24, 2.45) is 5.92 Å². The van der Waals surface area contributed by atoms with Crippen LogP contribution in [0.4, 0.5) is 10.3 Å². The zero-order chi connectivity index (χ0) is 19.3. The van der Waals surface area contributed by atoms with Crippen LogP contribution in [0.2, 0.25) is 0 Å². The molecule has 0 amide bonds. The van der Waals surface area contributed by atoms with Crippen LogP contribution in [0.25, 0.3) is 0 Å². The summed E-state index contributed by atoms with van der Waals surface area (Å²) in [6.45, 7) is 4.32. The van der Waals surface area contributed by atoms with E-state index in [1.807, 2.05) is 43.5 Å². The van der Waals surface area contributed by atoms with Crippen LogP contribution >= 0.6 is 0 Å². The third-order valence-corrected chi connectivity index (χ3v) is 6.87. The fourth-order valence-corrected chi connectivity index (χ4v) is 5.62. The van der Waals surface area contributed by atoms with Crippen LogP contribution in [-0.4, -0.2) is 65.6 Å². The molecule has 3 atom stereocenters. The number of likely N-dealkylation sites (tertiary alicyclic amines) is 1. The molecule has 5 nitrogen and oxygen atoms in total. The van der Waals surface area contributed by atoms with E-state index in [1.54, 1.807) is 12.1 Å². The maximum absolute atomic E-state index is 13.5. The molecule has 4 fully saturated rings. The van der Waals surface area contributed by atoms with Gasteiger partial charge in [0, 0.05) is 63.1 Å². The zero-order valence-corrected chi connectivity index (χ0v) is 16.6. The first kappa shape index (κ1) is 18.0. The Morgan fingerprint density at radius 1 is 1.04 bits per heavy atom. The molecule has 1 aromatic heterocycles. The van der Waals surface area contributed by atoms with Crippen LogP contribution in [0.5, 0.6) is 0 Å². The predicted octanol–water partition coefficient (Wildman–Crippen LogP) is 2.74. The van der Waals surface area contributed by atoms with E-state index in [2.05, 4.69) is 19.8 Å². The van der Waals surface area contributed by atoms with Gasteiger partial charge in [-0.25, -0.2) is 14.4 Å². The summed E-state index contributed by atoms with van der Waals surface area (Å²) >= 11 is 0. The molecular weight excluding hydrogens is 353 g/mol. The van der Waals surface area contributed by atoms with Gasteiger partial charge in [-0.2, -0.15) is 0 Å². The van der Waals surface area contributed by atoms with Crippen molar-refractivity contribution in [1.82, 2.24) is 19.8 Å². The van der Waals surface area contributed by atoms with E-state index in [0.717, 1.165) is 25.0 Å². The molecule has 4 aliphatic heterocycles. The van der Waals surface area contributed by atoms with Gasteiger partial charge in [0.25, 0.3) is 0 Å². The van der Waals surface area contributed by atoms with Gasteiger partial charge in [-0.1, -0.05) is 12.1 Å². The zero-order valence-electron chi connectivity index (χ0n) is 16.6. The van der Waals surface area contributed by atoms with Gasteiger partial charge in [0.1, 0.15) is 5.82 Å². The van der Waals surface area contributed by atoms with Crippen LogP contribution in [-0.2, 0) is 6.54 Å². The van der Waals surface area contributed by atoms with E-state index in [-0.39, 0.29) is 5.82 Å². The minimum Gasteiger partial charge on any atom is -0.347 e. The number of benzene rings is 1. The number of hydrogen-bond donors (Lipinski definition) is 0. The first-order valence-corrected chi connectivity index (χ1v) is 10.3. The van der Waals surface area contributed by atoms with Gasteiger partial charge in [0.05, 0.1) is 0 Å². The van der Waals surface area contributed by atoms with Crippen molar-refractivity contribution < 1.29 is 4.39 Å². The number of halogens is 1. The molecule has 28 heavy (non-hydrogen) atoms. The summed E-state index contributed by atoms with van der Waals surface area (Å²) in [5.74, 6) is 1.80. The van der Waals surface area contributed by atoms with Crippen molar-refractivity contribution in [3.63, 3.8) is 0 Å². The minimum atomic E-state index is -0.154. The Morgan fingerprint density at radius 3 is 2.36 bits per heavy atom. The lowest BCUT2D eigenvalue weighted by Crippen LogP contribution is -2.59. The summed E-state index contributed by atoms with van der Waals surface area (Å²) in [5, 5.41) is 0. The third kappa shape index (κ3) is 3.08. The van der Waals surface area contributed by atoms with Gasteiger partial charge in [0.15, 0.2) is 0 Å². The molecular formula is C22H28FN5. The molecule has 148 valence electrons. The topological polar surface area (TPSA) is 35.5 Å². The van der Waals surface area contributed by atoms with Gasteiger partial charge in [0.2, 0.25) is 5.95 Å². The van der Waals surface area contributed by atoms with E-state index < -0.39 is 0 Å². The van der Waals surface area contributed by atoms with Gasteiger partial charge < -0.3 is 4.90 Å². The number of fused-ring (bicyclic) bond motifs is 2. The summed E-state index contributed by atoms with van der Waals surface area (Å²) in [7, 11) is 3.92. The standard InChI is InChI=1S/C22H28FN5/c1-26(2)22-24-11-15(12-25-22)13-28-14-19(16-3-5-18(23)6-4-16)21-20(28)17-7-9-27(21)10-8-17/h3-6,11-12,17,19-21H,7-10,13-14H2,1-2H3/t19-,20+,21+/m0/s1. The molecule has 2 aromatic rings. The predicted molar refractivity (Wildman–Crippen MR) is 108 cm³/mol. The highest BCUT2D eigenvalue weighted by Crippen LogP contribution is 2.46. The number of nitrogens with zero attached hydrogens (tertiary/aromatic N) is 5. The fraction of sp³-hybridized carbons (Fsp3) is 0.545. The molecule has 4 aliphatic rings. The van der Waals surface area contributed by atoms with E-state index in [1.165, 1.54) is 37.1 Å². The van der Waals surface area contributed by atoms with Crippen LogP contribution in [0.15, 0.2) is 36.7 Å². The Bertz CT molecular complexity index is 814. The number of piperidine rings is 3. The average Bonchev–Trinajstić information content (AvgIpc) is 3.11. The molecule has 5 heterocycles. The maximum atomic E-state index is 13.5. The van der Waals surface area contributed by atoms with Crippen LogP contribution < -0.4 is 4.90 Å². The van der Waals surface area contributed by atoms with Gasteiger partial charge in [-0.05, 0) is 49.5 Å². The Kier molecular flexibility index (Phi) is 4.56. The number of anilines is 1.